The molecule has 0 saturated heterocycles. The van der Waals surface area contributed by atoms with Gasteiger partial charge in [0, 0.05) is 48.5 Å². The van der Waals surface area contributed by atoms with Crippen molar-refractivity contribution in [3.63, 3.8) is 0 Å². The number of hydrazone groups is 1. The average Bonchev–Trinajstić information content (AvgIpc) is 3.11. The van der Waals surface area contributed by atoms with Crippen molar-refractivity contribution >= 4 is 58.7 Å². The molecule has 16 nitrogen and oxygen atoms in total. The van der Waals surface area contributed by atoms with Gasteiger partial charge in [-0.1, -0.05) is 11.8 Å². The van der Waals surface area contributed by atoms with Gasteiger partial charge in [0.1, 0.15) is 6.61 Å². The highest BCUT2D eigenvalue weighted by Gasteiger charge is 2.51. The van der Waals surface area contributed by atoms with E-state index < -0.39 is 78.1 Å². The molecular formula is C21H29N3O13S. The summed E-state index contributed by atoms with van der Waals surface area (Å²) in [5.74, 6) is -5.81. The predicted molar refractivity (Wildman–Crippen MR) is 125 cm³/mol. The van der Waals surface area contributed by atoms with Gasteiger partial charge in [-0.15, -0.1) is 10.3 Å². The van der Waals surface area contributed by atoms with Gasteiger partial charge < -0.3 is 33.8 Å². The fourth-order valence-corrected chi connectivity index (χ4v) is 4.16. The SMILES string of the molecule is CC(=O)NC1=NN(OC(C)=O)[C@@H]([C@H](OC(C)=O)[C@@H](OC(C)=O)[C@@H](OC(C)=O)[C@@H](COC(C)=O)OC(C)=O)S1. The lowest BCUT2D eigenvalue weighted by Crippen LogP contribution is -2.57. The van der Waals surface area contributed by atoms with E-state index in [1.54, 1.807) is 0 Å². The summed E-state index contributed by atoms with van der Waals surface area (Å²) in [7, 11) is 0. The normalized spacial score (nSPS) is 17.5. The molecule has 1 rings (SSSR count). The van der Waals surface area contributed by atoms with E-state index in [1.807, 2.05) is 0 Å². The van der Waals surface area contributed by atoms with Gasteiger partial charge in [0.05, 0.1) is 0 Å². The maximum Gasteiger partial charge on any atom is 0.331 e. The van der Waals surface area contributed by atoms with Crippen LogP contribution >= 0.6 is 11.8 Å². The summed E-state index contributed by atoms with van der Waals surface area (Å²) in [4.78, 5) is 88.0. The second kappa shape index (κ2) is 14.7. The molecule has 1 amide bonds. The second-order valence-electron chi connectivity index (χ2n) is 7.65. The number of rotatable bonds is 11. The summed E-state index contributed by atoms with van der Waals surface area (Å²) >= 11 is 0.739. The number of hydroxylamine groups is 1. The van der Waals surface area contributed by atoms with E-state index in [-0.39, 0.29) is 5.17 Å². The number of carbonyl (C=O) groups excluding carboxylic acids is 7. The summed E-state index contributed by atoms with van der Waals surface area (Å²) in [5, 5.41) is 5.64. The Morgan fingerprint density at radius 3 is 1.74 bits per heavy atom. The first kappa shape index (κ1) is 32.1. The Morgan fingerprint density at radius 1 is 0.763 bits per heavy atom. The van der Waals surface area contributed by atoms with Gasteiger partial charge in [-0.2, -0.15) is 0 Å². The molecule has 38 heavy (non-hydrogen) atoms. The number of carbonyl (C=O) groups is 7. The Balaban J connectivity index is 3.68. The number of hydrogen-bond donors (Lipinski definition) is 1. The van der Waals surface area contributed by atoms with Crippen molar-refractivity contribution in [2.75, 3.05) is 6.61 Å². The monoisotopic (exact) mass is 563 g/mol. The third-order valence-electron chi connectivity index (χ3n) is 4.11. The molecule has 0 spiro atoms. The summed E-state index contributed by atoms with van der Waals surface area (Å²) in [6.07, 6.45) is -6.65. The lowest BCUT2D eigenvalue weighted by molar-refractivity contribution is -0.222. The van der Waals surface area contributed by atoms with Crippen LogP contribution in [0, 0.1) is 0 Å². The predicted octanol–water partition coefficient (Wildman–Crippen LogP) is -0.464. The molecule has 0 fully saturated rings. The van der Waals surface area contributed by atoms with E-state index in [0.29, 0.717) is 5.17 Å². The van der Waals surface area contributed by atoms with Gasteiger partial charge in [-0.3, -0.25) is 28.8 Å². The molecule has 0 aromatic heterocycles. The highest BCUT2D eigenvalue weighted by Crippen LogP contribution is 2.34. The minimum Gasteiger partial charge on any atom is -0.462 e. The van der Waals surface area contributed by atoms with Gasteiger partial charge in [0.2, 0.25) is 5.91 Å². The van der Waals surface area contributed by atoms with Crippen molar-refractivity contribution in [2.45, 2.75) is 78.3 Å². The summed E-state index contributed by atoms with van der Waals surface area (Å²) in [6.45, 7) is 6.72. The molecule has 1 aliphatic rings. The van der Waals surface area contributed by atoms with Gasteiger partial charge >= 0.3 is 35.8 Å². The fourth-order valence-electron chi connectivity index (χ4n) is 3.08. The number of amidine groups is 1. The summed E-state index contributed by atoms with van der Waals surface area (Å²) in [5.41, 5.74) is 0. The van der Waals surface area contributed by atoms with Crippen molar-refractivity contribution in [2.24, 2.45) is 5.10 Å². The zero-order valence-corrected chi connectivity index (χ0v) is 22.5. The maximum atomic E-state index is 12.1. The fraction of sp³-hybridized carbons (Fsp3) is 0.619. The molecule has 0 saturated carbocycles. The van der Waals surface area contributed by atoms with E-state index >= 15 is 0 Å². The van der Waals surface area contributed by atoms with Crippen LogP contribution < -0.4 is 5.32 Å². The molecule has 0 radical (unpaired) electrons. The van der Waals surface area contributed by atoms with Gasteiger partial charge in [0.25, 0.3) is 0 Å². The van der Waals surface area contributed by atoms with Crippen molar-refractivity contribution in [3.05, 3.63) is 0 Å². The Hall–Kier alpha value is -3.89. The number of thioether (sulfide) groups is 1. The van der Waals surface area contributed by atoms with E-state index in [1.165, 1.54) is 6.92 Å². The molecule has 1 N–H and O–H groups in total. The molecule has 5 atom stereocenters. The Bertz CT molecular complexity index is 985. The lowest BCUT2D eigenvalue weighted by atomic mass is 10.0. The molecule has 1 aliphatic heterocycles. The number of hydrogen-bond acceptors (Lipinski definition) is 16. The molecule has 0 aromatic carbocycles. The van der Waals surface area contributed by atoms with Crippen LogP contribution in [0.3, 0.4) is 0 Å². The van der Waals surface area contributed by atoms with Crippen molar-refractivity contribution < 1.29 is 62.1 Å². The van der Waals surface area contributed by atoms with E-state index in [2.05, 4.69) is 10.4 Å². The van der Waals surface area contributed by atoms with Crippen LogP contribution in [-0.4, -0.2) is 88.5 Å². The Morgan fingerprint density at radius 2 is 1.29 bits per heavy atom. The molecule has 0 bridgehead atoms. The van der Waals surface area contributed by atoms with E-state index in [0.717, 1.165) is 53.3 Å². The van der Waals surface area contributed by atoms with Crippen LogP contribution in [0.4, 0.5) is 0 Å². The summed E-state index contributed by atoms with van der Waals surface area (Å²) < 4.78 is 26.2. The van der Waals surface area contributed by atoms with Crippen molar-refractivity contribution in [3.8, 4) is 0 Å². The van der Waals surface area contributed by atoms with Crippen LogP contribution in [0.5, 0.6) is 0 Å². The highest BCUT2D eigenvalue weighted by molar-refractivity contribution is 8.14. The molecule has 0 aliphatic carbocycles. The molecule has 0 aromatic rings. The van der Waals surface area contributed by atoms with Crippen LogP contribution in [0.15, 0.2) is 5.10 Å². The lowest BCUT2D eigenvalue weighted by Gasteiger charge is -2.37. The standard InChI is InChI=1S/C21H29N3O13S/c1-9(25)22-21-23-24(37-15(7)31)20(38-21)19(36-14(6)30)18(35-13(5)29)17(34-12(4)28)16(33-11(3)27)8-32-10(2)26/h16-20H,8H2,1-7H3,(H,22,23,25)/t16-,17+,18+,19-,20-/m1/s1. The highest BCUT2D eigenvalue weighted by atomic mass is 32.2. The first-order chi connectivity index (χ1) is 17.6. The third kappa shape index (κ3) is 11.0. The zero-order valence-electron chi connectivity index (χ0n) is 21.7. The number of esters is 5. The quantitative estimate of drug-likeness (QED) is 0.249. The minimum absolute atomic E-state index is 0.0806. The van der Waals surface area contributed by atoms with Crippen LogP contribution in [0.2, 0.25) is 0 Å². The molecule has 1 heterocycles. The molecule has 212 valence electrons. The van der Waals surface area contributed by atoms with Crippen LogP contribution in [0.1, 0.15) is 48.5 Å². The van der Waals surface area contributed by atoms with E-state index in [4.69, 9.17) is 28.5 Å². The van der Waals surface area contributed by atoms with Crippen LogP contribution in [-0.2, 0) is 62.1 Å². The Labute approximate surface area is 221 Å². The van der Waals surface area contributed by atoms with E-state index in [9.17, 15) is 33.6 Å². The van der Waals surface area contributed by atoms with Gasteiger partial charge in [0.15, 0.2) is 35.0 Å². The molecular weight excluding hydrogens is 534 g/mol. The topological polar surface area (TPSA) is 202 Å². The molecule has 17 heteroatoms. The molecule has 0 unspecified atom stereocenters. The van der Waals surface area contributed by atoms with Crippen molar-refractivity contribution in [1.82, 2.24) is 10.5 Å². The van der Waals surface area contributed by atoms with Crippen LogP contribution in [0.25, 0.3) is 0 Å². The second-order valence-corrected chi connectivity index (χ2v) is 8.76. The van der Waals surface area contributed by atoms with Gasteiger partial charge in [-0.05, 0) is 0 Å². The first-order valence-corrected chi connectivity index (χ1v) is 11.8. The minimum atomic E-state index is -1.75. The largest absolute Gasteiger partial charge is 0.462 e. The number of nitrogens with zero attached hydrogens (tertiary/aromatic N) is 2. The first-order valence-electron chi connectivity index (χ1n) is 10.9. The maximum absolute atomic E-state index is 12.1. The zero-order chi connectivity index (χ0) is 29.2. The smallest absolute Gasteiger partial charge is 0.331 e. The van der Waals surface area contributed by atoms with Crippen molar-refractivity contribution in [1.29, 1.82) is 0 Å². The number of ether oxygens (including phenoxy) is 5. The number of amides is 1. The summed E-state index contributed by atoms with van der Waals surface area (Å²) in [6, 6.07) is 0. The Kier molecular flexibility index (Phi) is 12.5. The number of nitrogens with one attached hydrogen (secondary N) is 1. The van der Waals surface area contributed by atoms with Gasteiger partial charge in [-0.25, -0.2) is 4.79 Å². The average molecular weight is 564 g/mol. The third-order valence-corrected chi connectivity index (χ3v) is 5.21.